The van der Waals surface area contributed by atoms with Crippen LogP contribution in [0.3, 0.4) is 0 Å². The van der Waals surface area contributed by atoms with E-state index < -0.39 is 0 Å². The fraction of sp³-hybridized carbons (Fsp3) is 0.560. The van der Waals surface area contributed by atoms with Crippen molar-refractivity contribution in [2.75, 3.05) is 19.6 Å². The van der Waals surface area contributed by atoms with E-state index in [0.29, 0.717) is 24.1 Å². The molecule has 1 saturated carbocycles. The molecule has 3 fully saturated rings. The Morgan fingerprint density at radius 3 is 2.50 bits per heavy atom. The zero-order chi connectivity index (χ0) is 22.1. The minimum Gasteiger partial charge on any atom is -0.360 e. The van der Waals surface area contributed by atoms with Gasteiger partial charge in [-0.3, -0.25) is 9.59 Å². The fourth-order valence-electron chi connectivity index (χ4n) is 5.04. The highest BCUT2D eigenvalue weighted by atomic mass is 16.5. The van der Waals surface area contributed by atoms with Crippen molar-refractivity contribution in [3.8, 4) is 0 Å². The maximum absolute atomic E-state index is 13.1. The predicted molar refractivity (Wildman–Crippen MR) is 121 cm³/mol. The van der Waals surface area contributed by atoms with Gasteiger partial charge in [-0.2, -0.15) is 0 Å². The monoisotopic (exact) mass is 436 g/mol. The topological polar surface area (TPSA) is 87.5 Å². The summed E-state index contributed by atoms with van der Waals surface area (Å²) in [4.78, 5) is 27.6. The van der Waals surface area contributed by atoms with Crippen LogP contribution in [0.4, 0.5) is 0 Å². The van der Waals surface area contributed by atoms with Gasteiger partial charge in [-0.25, -0.2) is 0 Å². The van der Waals surface area contributed by atoms with Crippen LogP contribution in [0.2, 0.25) is 0 Å². The molecule has 0 radical (unpaired) electrons. The number of rotatable bonds is 5. The summed E-state index contributed by atoms with van der Waals surface area (Å²) in [5.41, 5.74) is 2.43. The summed E-state index contributed by atoms with van der Waals surface area (Å²) in [6.45, 7) is 4.81. The summed E-state index contributed by atoms with van der Waals surface area (Å²) < 4.78 is 5.30. The largest absolute Gasteiger partial charge is 0.360 e. The lowest BCUT2D eigenvalue weighted by molar-refractivity contribution is 0.0595. The summed E-state index contributed by atoms with van der Waals surface area (Å²) in [6.07, 6.45) is 6.00. The van der Waals surface area contributed by atoms with Crippen molar-refractivity contribution < 1.29 is 14.1 Å². The van der Waals surface area contributed by atoms with Gasteiger partial charge in [0.05, 0.1) is 0 Å². The van der Waals surface area contributed by atoms with Crippen molar-refractivity contribution in [3.63, 3.8) is 0 Å². The molecule has 2 amide bonds. The van der Waals surface area contributed by atoms with Gasteiger partial charge >= 0.3 is 0 Å². The van der Waals surface area contributed by atoms with Gasteiger partial charge in [0.1, 0.15) is 5.76 Å². The van der Waals surface area contributed by atoms with E-state index in [1.807, 2.05) is 17.0 Å². The van der Waals surface area contributed by atoms with Gasteiger partial charge in [0.2, 0.25) is 0 Å². The molecule has 2 aromatic rings. The van der Waals surface area contributed by atoms with E-state index in [4.69, 9.17) is 4.52 Å². The molecule has 3 aliphatic rings. The first-order chi connectivity index (χ1) is 15.6. The number of nitrogens with one attached hydrogen (secondary N) is 2. The van der Waals surface area contributed by atoms with Crippen molar-refractivity contribution in [2.45, 2.75) is 69.4 Å². The molecule has 7 heteroatoms. The normalized spacial score (nSPS) is 24.3. The Hall–Kier alpha value is -2.67. The quantitative estimate of drug-likeness (QED) is 0.750. The third-order valence-electron chi connectivity index (χ3n) is 7.18. The van der Waals surface area contributed by atoms with E-state index >= 15 is 0 Å². The van der Waals surface area contributed by atoms with Crippen LogP contribution in [0.1, 0.15) is 89.5 Å². The molecule has 3 heterocycles. The Bertz CT molecular complexity index is 960. The fourth-order valence-corrected chi connectivity index (χ4v) is 5.04. The summed E-state index contributed by atoms with van der Waals surface area (Å²) in [5, 5.41) is 10.4. The van der Waals surface area contributed by atoms with Gasteiger partial charge in [0, 0.05) is 36.2 Å². The second kappa shape index (κ2) is 9.06. The number of aromatic nitrogens is 1. The second-order valence-electron chi connectivity index (χ2n) is 9.58. The molecule has 170 valence electrons. The Balaban J connectivity index is 1.15. The highest BCUT2D eigenvalue weighted by Gasteiger charge is 2.32. The lowest BCUT2D eigenvalue weighted by Crippen LogP contribution is -2.51. The first-order valence-corrected chi connectivity index (χ1v) is 12.0. The lowest BCUT2D eigenvalue weighted by atomic mass is 9.89. The molecule has 0 spiro atoms. The first-order valence-electron chi connectivity index (χ1n) is 12.0. The van der Waals surface area contributed by atoms with E-state index in [-0.39, 0.29) is 23.9 Å². The van der Waals surface area contributed by atoms with Crippen LogP contribution >= 0.6 is 0 Å². The molecule has 2 saturated heterocycles. The van der Waals surface area contributed by atoms with Gasteiger partial charge < -0.3 is 20.1 Å². The molecule has 2 atom stereocenters. The molecule has 1 aliphatic carbocycles. The van der Waals surface area contributed by atoms with Crippen molar-refractivity contribution in [1.82, 2.24) is 20.7 Å². The van der Waals surface area contributed by atoms with Gasteiger partial charge in [0.15, 0.2) is 5.69 Å². The molecule has 7 nitrogen and oxygen atoms in total. The number of piperidine rings is 2. The average molecular weight is 437 g/mol. The Morgan fingerprint density at radius 1 is 1.06 bits per heavy atom. The van der Waals surface area contributed by atoms with Crippen LogP contribution in [0.15, 0.2) is 34.9 Å². The standard InChI is InChI=1S/C25H32N4O3/c1-16-14-21(27-24(30)22-15-23(32-28-22)19-4-5-19)10-13-29(16)25(31)20-6-2-17(3-7-20)18-8-11-26-12-9-18/h2-3,6-7,15-16,18-19,21,26H,4-5,8-14H2,1H3,(H,27,30)/t16-,21-/m1/s1. The molecule has 32 heavy (non-hydrogen) atoms. The van der Waals surface area contributed by atoms with Crippen LogP contribution in [-0.4, -0.2) is 53.6 Å². The predicted octanol–water partition coefficient (Wildman–Crippen LogP) is 3.44. The number of hydrogen-bond acceptors (Lipinski definition) is 5. The van der Waals surface area contributed by atoms with Gasteiger partial charge in [-0.15, -0.1) is 0 Å². The molecular weight excluding hydrogens is 404 g/mol. The van der Waals surface area contributed by atoms with Gasteiger partial charge in [0.25, 0.3) is 11.8 Å². The highest BCUT2D eigenvalue weighted by molar-refractivity contribution is 5.95. The first kappa shape index (κ1) is 21.2. The number of carbonyl (C=O) groups is 2. The molecule has 0 unspecified atom stereocenters. The van der Waals surface area contributed by atoms with Crippen LogP contribution in [0.25, 0.3) is 0 Å². The Morgan fingerprint density at radius 2 is 1.81 bits per heavy atom. The number of likely N-dealkylation sites (tertiary alicyclic amines) is 1. The highest BCUT2D eigenvalue weighted by Crippen LogP contribution is 2.40. The second-order valence-corrected chi connectivity index (χ2v) is 9.58. The maximum Gasteiger partial charge on any atom is 0.273 e. The number of carbonyl (C=O) groups excluding carboxylic acids is 2. The van der Waals surface area contributed by atoms with Crippen LogP contribution in [0, 0.1) is 0 Å². The van der Waals surface area contributed by atoms with E-state index in [9.17, 15) is 9.59 Å². The van der Waals surface area contributed by atoms with Gasteiger partial charge in [-0.1, -0.05) is 17.3 Å². The minimum absolute atomic E-state index is 0.0323. The lowest BCUT2D eigenvalue weighted by Gasteiger charge is -2.38. The third-order valence-corrected chi connectivity index (χ3v) is 7.18. The number of nitrogens with zero attached hydrogens (tertiary/aromatic N) is 2. The van der Waals surface area contributed by atoms with E-state index in [1.165, 1.54) is 5.56 Å². The zero-order valence-electron chi connectivity index (χ0n) is 18.7. The average Bonchev–Trinajstić information content (AvgIpc) is 3.55. The SMILES string of the molecule is C[C@@H]1C[C@H](NC(=O)c2cc(C3CC3)on2)CCN1C(=O)c1ccc(C2CCNCC2)cc1. The molecule has 1 aromatic carbocycles. The van der Waals surface area contributed by atoms with Crippen LogP contribution in [-0.2, 0) is 0 Å². The molecule has 0 bridgehead atoms. The maximum atomic E-state index is 13.1. The van der Waals surface area contributed by atoms with E-state index in [1.54, 1.807) is 6.07 Å². The molecular formula is C25H32N4O3. The van der Waals surface area contributed by atoms with Crippen molar-refractivity contribution in [1.29, 1.82) is 0 Å². The Kier molecular flexibility index (Phi) is 6.00. The van der Waals surface area contributed by atoms with Crippen molar-refractivity contribution in [3.05, 3.63) is 52.9 Å². The summed E-state index contributed by atoms with van der Waals surface area (Å²) in [7, 11) is 0. The van der Waals surface area contributed by atoms with Crippen LogP contribution in [0.5, 0.6) is 0 Å². The van der Waals surface area contributed by atoms with Crippen molar-refractivity contribution in [2.24, 2.45) is 0 Å². The molecule has 2 aliphatic heterocycles. The summed E-state index contributed by atoms with van der Waals surface area (Å²) >= 11 is 0. The smallest absolute Gasteiger partial charge is 0.273 e. The summed E-state index contributed by atoms with van der Waals surface area (Å²) in [5.74, 6) is 1.72. The van der Waals surface area contributed by atoms with Gasteiger partial charge in [-0.05, 0) is 82.2 Å². The van der Waals surface area contributed by atoms with E-state index in [2.05, 4.69) is 34.8 Å². The zero-order valence-corrected chi connectivity index (χ0v) is 18.7. The van der Waals surface area contributed by atoms with Crippen LogP contribution < -0.4 is 10.6 Å². The molecule has 2 N–H and O–H groups in total. The Labute approximate surface area is 188 Å². The summed E-state index contributed by atoms with van der Waals surface area (Å²) in [6, 6.07) is 10.0. The minimum atomic E-state index is -0.189. The number of benzene rings is 1. The van der Waals surface area contributed by atoms with Crippen molar-refractivity contribution >= 4 is 11.8 Å². The number of hydrogen-bond donors (Lipinski definition) is 2. The number of amides is 2. The molecule has 1 aromatic heterocycles. The molecule has 5 rings (SSSR count). The third kappa shape index (κ3) is 4.58. The van der Waals surface area contributed by atoms with E-state index in [0.717, 1.165) is 62.9 Å².